The molecule has 2 atom stereocenters. The van der Waals surface area contributed by atoms with Crippen molar-refractivity contribution in [2.75, 3.05) is 0 Å². The normalized spacial score (nSPS) is 17.3. The first-order valence-corrected chi connectivity index (χ1v) is 5.15. The van der Waals surface area contributed by atoms with Gasteiger partial charge in [0.05, 0.1) is 5.60 Å². The van der Waals surface area contributed by atoms with Crippen LogP contribution in [0.4, 0.5) is 0 Å². The summed E-state index contributed by atoms with van der Waals surface area (Å²) >= 11 is 0. The van der Waals surface area contributed by atoms with Gasteiger partial charge in [0.2, 0.25) is 0 Å². The Bertz CT molecular complexity index is 336. The molecule has 0 aliphatic rings. The van der Waals surface area contributed by atoms with E-state index in [9.17, 15) is 5.11 Å². The highest BCUT2D eigenvalue weighted by atomic mass is 16.3. The molecule has 1 N–H and O–H groups in total. The number of hydrogen-bond acceptors (Lipinski definition) is 1. The minimum absolute atomic E-state index is 0.0393. The van der Waals surface area contributed by atoms with E-state index in [1.807, 2.05) is 49.4 Å². The van der Waals surface area contributed by atoms with E-state index in [1.54, 1.807) is 13.0 Å². The Hall–Kier alpha value is -1.34. The molecule has 0 amide bonds. The molecule has 0 fully saturated rings. The van der Waals surface area contributed by atoms with Crippen molar-refractivity contribution in [3.63, 3.8) is 0 Å². The lowest BCUT2D eigenvalue weighted by molar-refractivity contribution is 0.0754. The lowest BCUT2D eigenvalue weighted by Gasteiger charge is -2.24. The fourth-order valence-electron chi connectivity index (χ4n) is 1.22. The number of aliphatic hydroxyl groups is 1. The SMILES string of the molecule is C=C[C@H](C)[C@@](C)(O)/C=C/c1ccccc1. The van der Waals surface area contributed by atoms with E-state index in [0.717, 1.165) is 5.56 Å². The quantitative estimate of drug-likeness (QED) is 0.743. The maximum absolute atomic E-state index is 10.1. The molecule has 0 radical (unpaired) electrons. The van der Waals surface area contributed by atoms with Gasteiger partial charge in [-0.3, -0.25) is 0 Å². The molecule has 0 aromatic heterocycles. The van der Waals surface area contributed by atoms with E-state index in [0.29, 0.717) is 0 Å². The van der Waals surface area contributed by atoms with Gasteiger partial charge in [-0.05, 0) is 12.5 Å². The largest absolute Gasteiger partial charge is 0.385 e. The first-order valence-electron chi connectivity index (χ1n) is 5.15. The summed E-state index contributed by atoms with van der Waals surface area (Å²) in [4.78, 5) is 0. The van der Waals surface area contributed by atoms with Gasteiger partial charge >= 0.3 is 0 Å². The van der Waals surface area contributed by atoms with Crippen molar-refractivity contribution < 1.29 is 5.11 Å². The average Bonchev–Trinajstić information content (AvgIpc) is 2.27. The average molecular weight is 202 g/mol. The Labute approximate surface area is 91.8 Å². The van der Waals surface area contributed by atoms with Crippen molar-refractivity contribution >= 4 is 6.08 Å². The lowest BCUT2D eigenvalue weighted by atomic mass is 9.90. The Morgan fingerprint density at radius 1 is 1.33 bits per heavy atom. The van der Waals surface area contributed by atoms with E-state index < -0.39 is 5.60 Å². The van der Waals surface area contributed by atoms with Crippen LogP contribution in [0.5, 0.6) is 0 Å². The molecule has 0 saturated carbocycles. The highest BCUT2D eigenvalue weighted by Gasteiger charge is 2.21. The predicted molar refractivity (Wildman–Crippen MR) is 65.5 cm³/mol. The summed E-state index contributed by atoms with van der Waals surface area (Å²) in [5.41, 5.74) is 0.256. The maximum atomic E-state index is 10.1. The summed E-state index contributed by atoms with van der Waals surface area (Å²) in [6.45, 7) is 7.43. The van der Waals surface area contributed by atoms with Gasteiger partial charge < -0.3 is 5.11 Å². The van der Waals surface area contributed by atoms with Gasteiger partial charge in [0.1, 0.15) is 0 Å². The summed E-state index contributed by atoms with van der Waals surface area (Å²) in [6.07, 6.45) is 5.50. The molecule has 1 nitrogen and oxygen atoms in total. The summed E-state index contributed by atoms with van der Waals surface area (Å²) < 4.78 is 0. The Balaban J connectivity index is 2.77. The molecule has 1 rings (SSSR count). The first-order chi connectivity index (χ1) is 7.06. The van der Waals surface area contributed by atoms with Crippen LogP contribution in [0.1, 0.15) is 19.4 Å². The molecule has 0 aliphatic heterocycles. The lowest BCUT2D eigenvalue weighted by Crippen LogP contribution is -2.28. The molecular weight excluding hydrogens is 184 g/mol. The number of hydrogen-bond donors (Lipinski definition) is 1. The van der Waals surface area contributed by atoms with Crippen molar-refractivity contribution in [2.24, 2.45) is 5.92 Å². The highest BCUT2D eigenvalue weighted by molar-refractivity contribution is 5.50. The summed E-state index contributed by atoms with van der Waals surface area (Å²) in [6, 6.07) is 9.94. The first kappa shape index (κ1) is 11.7. The van der Waals surface area contributed by atoms with Crippen molar-refractivity contribution in [1.82, 2.24) is 0 Å². The standard InChI is InChI=1S/C14H18O/c1-4-12(2)14(3,15)11-10-13-8-6-5-7-9-13/h4-12,15H,1H2,2-3H3/b11-10+/t12-,14-/m0/s1. The topological polar surface area (TPSA) is 20.2 Å². The highest BCUT2D eigenvalue weighted by Crippen LogP contribution is 2.20. The second-order valence-electron chi connectivity index (χ2n) is 3.99. The molecular formula is C14H18O. The minimum Gasteiger partial charge on any atom is -0.385 e. The maximum Gasteiger partial charge on any atom is 0.0862 e. The van der Waals surface area contributed by atoms with Crippen LogP contribution < -0.4 is 0 Å². The third-order valence-electron chi connectivity index (χ3n) is 2.69. The second kappa shape index (κ2) is 4.94. The molecule has 0 aliphatic carbocycles. The van der Waals surface area contributed by atoms with Gasteiger partial charge in [-0.2, -0.15) is 0 Å². The third kappa shape index (κ3) is 3.37. The van der Waals surface area contributed by atoms with Crippen LogP contribution in [0.15, 0.2) is 49.1 Å². The summed E-state index contributed by atoms with van der Waals surface area (Å²) in [5.74, 6) is 0.0393. The minimum atomic E-state index is -0.836. The van der Waals surface area contributed by atoms with Crippen molar-refractivity contribution in [3.8, 4) is 0 Å². The monoisotopic (exact) mass is 202 g/mol. The van der Waals surface area contributed by atoms with Gasteiger partial charge in [0.25, 0.3) is 0 Å². The molecule has 1 aromatic rings. The molecule has 0 saturated heterocycles. The van der Waals surface area contributed by atoms with Crippen molar-refractivity contribution in [2.45, 2.75) is 19.4 Å². The van der Waals surface area contributed by atoms with E-state index in [-0.39, 0.29) is 5.92 Å². The molecule has 80 valence electrons. The molecule has 0 bridgehead atoms. The Morgan fingerprint density at radius 3 is 2.47 bits per heavy atom. The second-order valence-corrected chi connectivity index (χ2v) is 3.99. The van der Waals surface area contributed by atoms with Crippen LogP contribution in [0.2, 0.25) is 0 Å². The number of rotatable bonds is 4. The van der Waals surface area contributed by atoms with Crippen LogP contribution in [-0.2, 0) is 0 Å². The molecule has 0 spiro atoms. The zero-order valence-electron chi connectivity index (χ0n) is 9.35. The van der Waals surface area contributed by atoms with E-state index in [2.05, 4.69) is 6.58 Å². The number of benzene rings is 1. The van der Waals surface area contributed by atoms with E-state index in [4.69, 9.17) is 0 Å². The molecule has 1 aromatic carbocycles. The van der Waals surface area contributed by atoms with Crippen molar-refractivity contribution in [1.29, 1.82) is 0 Å². The smallest absolute Gasteiger partial charge is 0.0862 e. The van der Waals surface area contributed by atoms with Crippen LogP contribution in [0, 0.1) is 5.92 Å². The molecule has 0 unspecified atom stereocenters. The molecule has 0 heterocycles. The van der Waals surface area contributed by atoms with Crippen LogP contribution in [0.25, 0.3) is 6.08 Å². The van der Waals surface area contributed by atoms with Gasteiger partial charge in [0, 0.05) is 5.92 Å². The summed E-state index contributed by atoms with van der Waals surface area (Å²) in [7, 11) is 0. The molecule has 1 heteroatoms. The van der Waals surface area contributed by atoms with Gasteiger partial charge in [-0.1, -0.05) is 55.5 Å². The zero-order valence-corrected chi connectivity index (χ0v) is 9.35. The Kier molecular flexibility index (Phi) is 3.87. The van der Waals surface area contributed by atoms with Crippen LogP contribution in [-0.4, -0.2) is 10.7 Å². The van der Waals surface area contributed by atoms with Gasteiger partial charge in [-0.25, -0.2) is 0 Å². The van der Waals surface area contributed by atoms with Gasteiger partial charge in [-0.15, -0.1) is 6.58 Å². The van der Waals surface area contributed by atoms with E-state index in [1.165, 1.54) is 0 Å². The molecule has 15 heavy (non-hydrogen) atoms. The van der Waals surface area contributed by atoms with Crippen molar-refractivity contribution in [3.05, 3.63) is 54.6 Å². The van der Waals surface area contributed by atoms with Crippen LogP contribution >= 0.6 is 0 Å². The van der Waals surface area contributed by atoms with Gasteiger partial charge in [0.15, 0.2) is 0 Å². The fraction of sp³-hybridized carbons (Fsp3) is 0.286. The fourth-order valence-corrected chi connectivity index (χ4v) is 1.22. The summed E-state index contributed by atoms with van der Waals surface area (Å²) in [5, 5.41) is 10.1. The third-order valence-corrected chi connectivity index (χ3v) is 2.69. The predicted octanol–water partition coefficient (Wildman–Crippen LogP) is 3.27. The Morgan fingerprint density at radius 2 is 1.93 bits per heavy atom. The zero-order chi connectivity index (χ0) is 11.3. The van der Waals surface area contributed by atoms with Crippen LogP contribution in [0.3, 0.4) is 0 Å². The van der Waals surface area contributed by atoms with E-state index >= 15 is 0 Å².